The Balaban J connectivity index is 1.71. The zero-order valence-corrected chi connectivity index (χ0v) is 16.6. The number of nitrogens with zero attached hydrogens (tertiary/aromatic N) is 4. The van der Waals surface area contributed by atoms with Crippen LogP contribution in [0.4, 0.5) is 23.1 Å². The van der Waals surface area contributed by atoms with Gasteiger partial charge in [0.2, 0.25) is 5.95 Å². The van der Waals surface area contributed by atoms with Crippen LogP contribution in [0.2, 0.25) is 5.02 Å². The Morgan fingerprint density at radius 2 is 1.86 bits per heavy atom. The molecule has 1 atom stereocenters. The predicted octanol–water partition coefficient (Wildman–Crippen LogP) is 4.34. The summed E-state index contributed by atoms with van der Waals surface area (Å²) in [5.41, 5.74) is 3.57. The minimum atomic E-state index is -0.502. The monoisotopic (exact) mass is 393 g/mol. The van der Waals surface area contributed by atoms with E-state index in [-0.39, 0.29) is 5.91 Å². The number of benzene rings is 2. The predicted molar refractivity (Wildman–Crippen MR) is 112 cm³/mol. The van der Waals surface area contributed by atoms with Gasteiger partial charge >= 0.3 is 0 Å². The first-order valence-corrected chi connectivity index (χ1v) is 9.28. The zero-order valence-electron chi connectivity index (χ0n) is 15.8. The van der Waals surface area contributed by atoms with Crippen LogP contribution in [-0.2, 0) is 4.79 Å². The van der Waals surface area contributed by atoms with Gasteiger partial charge in [0.15, 0.2) is 5.82 Å². The number of rotatable bonds is 3. The molecule has 2 heterocycles. The maximum absolute atomic E-state index is 13.0. The normalized spacial score (nSPS) is 16.1. The van der Waals surface area contributed by atoms with E-state index in [2.05, 4.69) is 15.3 Å². The standard InChI is InChI=1S/C21H20ClN5O/c1-13-7-9-16(10-8-13)24-21-23-12-17-19(25-21)27(3)18(20(28)26(17)2)14-5-4-6-15(22)11-14/h4-12,18H,1-3H3,(H,23,24,25). The third-order valence-electron chi connectivity index (χ3n) is 4.87. The molecule has 0 fully saturated rings. The van der Waals surface area contributed by atoms with Crippen molar-refractivity contribution in [3.05, 3.63) is 70.9 Å². The van der Waals surface area contributed by atoms with E-state index in [1.165, 1.54) is 5.56 Å². The molecule has 28 heavy (non-hydrogen) atoms. The third-order valence-corrected chi connectivity index (χ3v) is 5.10. The Bertz CT molecular complexity index is 1040. The fraction of sp³-hybridized carbons (Fsp3) is 0.190. The van der Waals surface area contributed by atoms with E-state index in [1.54, 1.807) is 24.2 Å². The highest BCUT2D eigenvalue weighted by Crippen LogP contribution is 2.39. The lowest BCUT2D eigenvalue weighted by Gasteiger charge is -2.38. The van der Waals surface area contributed by atoms with E-state index in [0.717, 1.165) is 11.3 Å². The number of amides is 1. The fourth-order valence-electron chi connectivity index (χ4n) is 3.32. The van der Waals surface area contributed by atoms with Gasteiger partial charge < -0.3 is 15.1 Å². The first-order valence-electron chi connectivity index (χ1n) is 8.90. The van der Waals surface area contributed by atoms with Crippen LogP contribution in [0.3, 0.4) is 0 Å². The molecule has 1 N–H and O–H groups in total. The molecule has 6 nitrogen and oxygen atoms in total. The molecule has 0 spiro atoms. The summed E-state index contributed by atoms with van der Waals surface area (Å²) in [7, 11) is 3.60. The number of nitrogens with one attached hydrogen (secondary N) is 1. The summed E-state index contributed by atoms with van der Waals surface area (Å²) in [6, 6.07) is 14.9. The number of aryl methyl sites for hydroxylation is 1. The summed E-state index contributed by atoms with van der Waals surface area (Å²) in [4.78, 5) is 25.5. The fourth-order valence-corrected chi connectivity index (χ4v) is 3.52. The number of hydrogen-bond donors (Lipinski definition) is 1. The zero-order chi connectivity index (χ0) is 19.8. The molecule has 7 heteroatoms. The summed E-state index contributed by atoms with van der Waals surface area (Å²) in [5, 5.41) is 3.81. The van der Waals surface area contributed by atoms with Crippen molar-refractivity contribution in [2.75, 3.05) is 29.2 Å². The molecule has 0 aliphatic carbocycles. The van der Waals surface area contributed by atoms with Gasteiger partial charge in [-0.15, -0.1) is 0 Å². The van der Waals surface area contributed by atoms with Crippen molar-refractivity contribution in [2.24, 2.45) is 0 Å². The van der Waals surface area contributed by atoms with Crippen LogP contribution in [0.15, 0.2) is 54.7 Å². The lowest BCUT2D eigenvalue weighted by atomic mass is 10.0. The third kappa shape index (κ3) is 3.27. The van der Waals surface area contributed by atoms with Gasteiger partial charge in [-0.2, -0.15) is 4.98 Å². The van der Waals surface area contributed by atoms with Crippen LogP contribution in [-0.4, -0.2) is 30.0 Å². The molecular weight excluding hydrogens is 374 g/mol. The molecule has 1 amide bonds. The van der Waals surface area contributed by atoms with Gasteiger partial charge in [-0.25, -0.2) is 4.98 Å². The Kier molecular flexibility index (Phi) is 4.65. The van der Waals surface area contributed by atoms with Crippen molar-refractivity contribution in [1.82, 2.24) is 9.97 Å². The molecule has 0 saturated carbocycles. The number of aromatic nitrogens is 2. The highest BCUT2D eigenvalue weighted by atomic mass is 35.5. The van der Waals surface area contributed by atoms with E-state index in [0.29, 0.717) is 22.5 Å². The van der Waals surface area contributed by atoms with Gasteiger partial charge in [0.1, 0.15) is 11.7 Å². The lowest BCUT2D eigenvalue weighted by Crippen LogP contribution is -2.45. The van der Waals surface area contributed by atoms with Gasteiger partial charge in [-0.1, -0.05) is 41.4 Å². The Hall–Kier alpha value is -3.12. The van der Waals surface area contributed by atoms with E-state index in [4.69, 9.17) is 11.6 Å². The van der Waals surface area contributed by atoms with Crippen LogP contribution in [0.1, 0.15) is 17.2 Å². The summed E-state index contributed by atoms with van der Waals surface area (Å²) >= 11 is 6.14. The van der Waals surface area contributed by atoms with Gasteiger partial charge in [0.05, 0.1) is 6.20 Å². The molecule has 0 radical (unpaired) electrons. The van der Waals surface area contributed by atoms with Crippen molar-refractivity contribution in [2.45, 2.75) is 13.0 Å². The molecule has 1 unspecified atom stereocenters. The van der Waals surface area contributed by atoms with Crippen LogP contribution in [0.25, 0.3) is 0 Å². The highest BCUT2D eigenvalue weighted by molar-refractivity contribution is 6.30. The Labute approximate surface area is 168 Å². The van der Waals surface area contributed by atoms with Crippen LogP contribution in [0.5, 0.6) is 0 Å². The van der Waals surface area contributed by atoms with Crippen LogP contribution < -0.4 is 15.1 Å². The molecule has 1 aliphatic rings. The van der Waals surface area contributed by atoms with E-state index < -0.39 is 6.04 Å². The van der Waals surface area contributed by atoms with E-state index in [9.17, 15) is 4.79 Å². The molecule has 1 aliphatic heterocycles. The number of fused-ring (bicyclic) bond motifs is 1. The first-order chi connectivity index (χ1) is 13.4. The topological polar surface area (TPSA) is 61.4 Å². The molecule has 142 valence electrons. The van der Waals surface area contributed by atoms with Gasteiger partial charge in [-0.3, -0.25) is 4.79 Å². The average molecular weight is 394 g/mol. The Morgan fingerprint density at radius 3 is 2.57 bits per heavy atom. The van der Waals surface area contributed by atoms with Crippen LogP contribution >= 0.6 is 11.6 Å². The average Bonchev–Trinajstić information content (AvgIpc) is 2.68. The summed E-state index contributed by atoms with van der Waals surface area (Å²) in [5.74, 6) is 1.10. The van der Waals surface area contributed by atoms with E-state index >= 15 is 0 Å². The summed E-state index contributed by atoms with van der Waals surface area (Å²) < 4.78 is 0. The number of anilines is 4. The molecule has 0 bridgehead atoms. The maximum Gasteiger partial charge on any atom is 0.254 e. The second-order valence-corrected chi connectivity index (χ2v) is 7.30. The molecule has 3 aromatic rings. The minimum absolute atomic E-state index is 0.0555. The van der Waals surface area contributed by atoms with Gasteiger partial charge in [0, 0.05) is 24.8 Å². The smallest absolute Gasteiger partial charge is 0.254 e. The van der Waals surface area contributed by atoms with Crippen molar-refractivity contribution >= 4 is 40.6 Å². The second kappa shape index (κ2) is 7.13. The van der Waals surface area contributed by atoms with Crippen molar-refractivity contribution < 1.29 is 4.79 Å². The molecule has 4 rings (SSSR count). The van der Waals surface area contributed by atoms with E-state index in [1.807, 2.05) is 61.3 Å². The SMILES string of the molecule is Cc1ccc(Nc2ncc3c(n2)N(C)C(c2cccc(Cl)c2)C(=O)N3C)cc1. The largest absolute Gasteiger partial charge is 0.342 e. The number of hydrogen-bond acceptors (Lipinski definition) is 5. The second-order valence-electron chi connectivity index (χ2n) is 6.86. The summed E-state index contributed by atoms with van der Waals surface area (Å²) in [6.07, 6.45) is 1.67. The van der Waals surface area contributed by atoms with Gasteiger partial charge in [-0.05, 0) is 36.8 Å². The minimum Gasteiger partial charge on any atom is -0.342 e. The van der Waals surface area contributed by atoms with Gasteiger partial charge in [0.25, 0.3) is 5.91 Å². The molecular formula is C21H20ClN5O. The van der Waals surface area contributed by atoms with Crippen molar-refractivity contribution in [3.8, 4) is 0 Å². The number of likely N-dealkylation sites (N-methyl/N-ethyl adjacent to an activating group) is 2. The van der Waals surface area contributed by atoms with Crippen molar-refractivity contribution in [1.29, 1.82) is 0 Å². The number of carbonyl (C=O) groups excluding carboxylic acids is 1. The molecule has 2 aromatic carbocycles. The number of halogens is 1. The summed E-state index contributed by atoms with van der Waals surface area (Å²) in [6.45, 7) is 2.04. The molecule has 0 saturated heterocycles. The maximum atomic E-state index is 13.0. The Morgan fingerprint density at radius 1 is 1.11 bits per heavy atom. The van der Waals surface area contributed by atoms with Crippen LogP contribution in [0, 0.1) is 6.92 Å². The van der Waals surface area contributed by atoms with Crippen molar-refractivity contribution in [3.63, 3.8) is 0 Å². The quantitative estimate of drug-likeness (QED) is 0.717. The molecule has 1 aromatic heterocycles. The lowest BCUT2D eigenvalue weighted by molar-refractivity contribution is -0.120. The highest BCUT2D eigenvalue weighted by Gasteiger charge is 2.37. The number of carbonyl (C=O) groups is 1. The first kappa shape index (κ1) is 18.3.